The Kier molecular flexibility index (Phi) is 6.69. The van der Waals surface area contributed by atoms with Crippen LogP contribution in [0, 0.1) is 0 Å². The summed E-state index contributed by atoms with van der Waals surface area (Å²) in [7, 11) is -5.73. The predicted molar refractivity (Wildman–Crippen MR) is 32.6 cm³/mol. The zero-order valence-electron chi connectivity index (χ0n) is 6.13. The number of halogens is 6. The van der Waals surface area contributed by atoms with Gasteiger partial charge in [0.25, 0.3) is 0 Å². The first-order chi connectivity index (χ1) is 4.71. The van der Waals surface area contributed by atoms with Gasteiger partial charge in [0.15, 0.2) is 0 Å². The van der Waals surface area contributed by atoms with Crippen LogP contribution in [0.5, 0.6) is 0 Å². The van der Waals surface area contributed by atoms with Crippen LogP contribution >= 0.6 is 0 Å². The molecule has 0 aromatic rings. The van der Waals surface area contributed by atoms with Crippen LogP contribution in [0.15, 0.2) is 0 Å². The maximum atomic E-state index is 11.3. The van der Waals surface area contributed by atoms with E-state index in [2.05, 4.69) is 4.65 Å². The number of hydrogen-bond acceptors (Lipinski definition) is 0. The Morgan fingerprint density at radius 2 is 1.00 bits per heavy atom. The second kappa shape index (κ2) is 5.33. The van der Waals surface area contributed by atoms with Gasteiger partial charge in [-0.25, -0.2) is 0 Å². The SMILES string of the molecule is FC(F)(F)[SiH2][N-][SiH2]C(F)(F)F.[Li+]. The maximum Gasteiger partial charge on any atom is 1.00 e. The van der Waals surface area contributed by atoms with Crippen molar-refractivity contribution < 1.29 is 45.2 Å². The van der Waals surface area contributed by atoms with Gasteiger partial charge >= 0.3 is 30.5 Å². The van der Waals surface area contributed by atoms with E-state index in [9.17, 15) is 26.3 Å². The summed E-state index contributed by atoms with van der Waals surface area (Å²) in [5.74, 6) is -8.95. The molecular weight excluding hydrogens is 215 g/mol. The third-order valence-corrected chi connectivity index (χ3v) is 3.09. The summed E-state index contributed by atoms with van der Waals surface area (Å²) < 4.78 is 70.1. The Balaban J connectivity index is 0. The first kappa shape index (κ1) is 15.1. The van der Waals surface area contributed by atoms with Gasteiger partial charge in [0.1, 0.15) is 0 Å². The summed E-state index contributed by atoms with van der Waals surface area (Å²) in [5.41, 5.74) is 0. The molecule has 0 N–H and O–H groups in total. The molecule has 1 nitrogen and oxygen atoms in total. The molecule has 0 bridgehead atoms. The van der Waals surface area contributed by atoms with E-state index in [4.69, 9.17) is 0 Å². The van der Waals surface area contributed by atoms with Gasteiger partial charge in [-0.05, 0) is 0 Å². The summed E-state index contributed by atoms with van der Waals surface area (Å²) in [6.07, 6.45) is 0. The summed E-state index contributed by atoms with van der Waals surface area (Å²) in [6, 6.07) is 0. The third kappa shape index (κ3) is 13.2. The minimum atomic E-state index is -4.47. The van der Waals surface area contributed by atoms with Gasteiger partial charge in [-0.2, -0.15) is 26.3 Å². The zero-order chi connectivity index (χ0) is 9.12. The molecule has 0 atom stereocenters. The largest absolute Gasteiger partial charge is 1.00 e. The number of rotatable bonds is 2. The van der Waals surface area contributed by atoms with Crippen LogP contribution in [-0.2, 0) is 0 Å². The van der Waals surface area contributed by atoms with E-state index in [1.165, 1.54) is 0 Å². The van der Waals surface area contributed by atoms with Crippen molar-refractivity contribution >= 4 is 19.4 Å². The minimum Gasteiger partial charge on any atom is -0.663 e. The molecule has 0 fully saturated rings. The van der Waals surface area contributed by atoms with E-state index in [1.807, 2.05) is 0 Å². The monoisotopic (exact) mass is 219 g/mol. The molecular formula is C2H4F6LiNSi2. The van der Waals surface area contributed by atoms with Crippen LogP contribution in [0.2, 0.25) is 0 Å². The molecule has 0 aromatic heterocycles. The molecule has 0 heterocycles. The van der Waals surface area contributed by atoms with E-state index in [1.54, 1.807) is 0 Å². The topological polar surface area (TPSA) is 14.1 Å². The zero-order valence-corrected chi connectivity index (χ0v) is 8.96. The van der Waals surface area contributed by atoms with Crippen molar-refractivity contribution in [1.29, 1.82) is 0 Å². The molecule has 68 valence electrons. The van der Waals surface area contributed by atoms with Crippen molar-refractivity contribution in [2.75, 3.05) is 0 Å². The van der Waals surface area contributed by atoms with E-state index < -0.39 is 31.0 Å². The molecule has 0 saturated carbocycles. The fraction of sp³-hybridized carbons (Fsp3) is 1.00. The van der Waals surface area contributed by atoms with E-state index in [0.717, 1.165) is 0 Å². The Morgan fingerprint density at radius 3 is 1.17 bits per heavy atom. The second-order valence-electron chi connectivity index (χ2n) is 1.77. The first-order valence-electron chi connectivity index (χ1n) is 2.47. The minimum absolute atomic E-state index is 0. The number of alkyl halides is 6. The van der Waals surface area contributed by atoms with Gasteiger partial charge in [-0.1, -0.05) is 0 Å². The Morgan fingerprint density at radius 1 is 0.750 bits per heavy atom. The molecule has 0 saturated heterocycles. The van der Waals surface area contributed by atoms with Crippen molar-refractivity contribution in [2.45, 2.75) is 11.6 Å². The standard InChI is InChI=1S/C2H4F6NSi2.Li/c3-1(4,5)10-9-11-2(6,7)8;/h10-11H2;/q-1;+1. The predicted octanol–water partition coefficient (Wildman–Crippen LogP) is -2.43. The summed E-state index contributed by atoms with van der Waals surface area (Å²) in [4.78, 5) is 0. The molecule has 0 aromatic carbocycles. The van der Waals surface area contributed by atoms with E-state index >= 15 is 0 Å². The number of hydrogen-bond donors (Lipinski definition) is 0. The Hall–Kier alpha value is 0.571. The maximum absolute atomic E-state index is 11.3. The Bertz CT molecular complexity index is 108. The van der Waals surface area contributed by atoms with Crippen LogP contribution in [0.4, 0.5) is 26.3 Å². The molecule has 12 heavy (non-hydrogen) atoms. The molecule has 0 rings (SSSR count). The molecule has 0 unspecified atom stereocenters. The van der Waals surface area contributed by atoms with Crippen molar-refractivity contribution in [2.24, 2.45) is 0 Å². The van der Waals surface area contributed by atoms with Gasteiger partial charge in [0.05, 0.1) is 0 Å². The van der Waals surface area contributed by atoms with Crippen LogP contribution in [0.25, 0.3) is 4.65 Å². The smallest absolute Gasteiger partial charge is 0.663 e. The first-order valence-corrected chi connectivity index (χ1v) is 5.15. The van der Waals surface area contributed by atoms with Crippen molar-refractivity contribution in [3.63, 3.8) is 0 Å². The van der Waals surface area contributed by atoms with E-state index in [-0.39, 0.29) is 18.9 Å². The molecule has 0 aliphatic carbocycles. The van der Waals surface area contributed by atoms with Gasteiger partial charge < -0.3 is 4.65 Å². The van der Waals surface area contributed by atoms with Crippen molar-refractivity contribution in [3.8, 4) is 0 Å². The van der Waals surface area contributed by atoms with Crippen LogP contribution in [0.1, 0.15) is 0 Å². The fourth-order valence-corrected chi connectivity index (χ4v) is 2.79. The molecule has 0 aliphatic heterocycles. The van der Waals surface area contributed by atoms with Crippen LogP contribution in [-0.4, -0.2) is 31.0 Å². The third-order valence-electron chi connectivity index (χ3n) is 0.582. The van der Waals surface area contributed by atoms with Crippen molar-refractivity contribution in [3.05, 3.63) is 4.65 Å². The van der Waals surface area contributed by atoms with Crippen LogP contribution < -0.4 is 18.9 Å². The van der Waals surface area contributed by atoms with Gasteiger partial charge in [0.2, 0.25) is 0 Å². The number of nitrogens with zero attached hydrogens (tertiary/aromatic N) is 1. The molecule has 0 aliphatic rings. The molecule has 10 heteroatoms. The normalized spacial score (nSPS) is 14.5. The average Bonchev–Trinajstić information content (AvgIpc) is 1.55. The second-order valence-corrected chi connectivity index (χ2v) is 5.80. The van der Waals surface area contributed by atoms with Crippen LogP contribution in [0.3, 0.4) is 0 Å². The summed E-state index contributed by atoms with van der Waals surface area (Å²) >= 11 is 0. The van der Waals surface area contributed by atoms with Gasteiger partial charge in [-0.15, -0.1) is 0 Å². The molecule has 0 radical (unpaired) electrons. The quantitative estimate of drug-likeness (QED) is 0.362. The summed E-state index contributed by atoms with van der Waals surface area (Å²) in [5, 5.41) is 0. The van der Waals surface area contributed by atoms with Gasteiger partial charge in [0, 0.05) is 19.4 Å². The fourth-order valence-electron chi connectivity index (χ4n) is 0.309. The van der Waals surface area contributed by atoms with Gasteiger partial charge in [-0.3, -0.25) is 0 Å². The summed E-state index contributed by atoms with van der Waals surface area (Å²) in [6.45, 7) is 0. The van der Waals surface area contributed by atoms with Crippen molar-refractivity contribution in [1.82, 2.24) is 0 Å². The Labute approximate surface area is 81.3 Å². The average molecular weight is 219 g/mol. The van der Waals surface area contributed by atoms with E-state index in [0.29, 0.717) is 0 Å². The molecule has 0 amide bonds. The molecule has 0 spiro atoms.